The monoisotopic (exact) mass is 557 g/mol. The number of amides is 1. The number of pyridine rings is 1. The van der Waals surface area contributed by atoms with Gasteiger partial charge in [-0.05, 0) is 42.5 Å². The lowest BCUT2D eigenvalue weighted by molar-refractivity contribution is -0.274. The molecule has 2 aromatic heterocycles. The second-order valence-electron chi connectivity index (χ2n) is 8.90. The summed E-state index contributed by atoms with van der Waals surface area (Å²) in [6.07, 6.45) is -1.55. The second-order valence-corrected chi connectivity index (χ2v) is 9.69. The molecule has 3 heterocycles. The van der Waals surface area contributed by atoms with Crippen LogP contribution in [0.25, 0.3) is 10.9 Å². The van der Waals surface area contributed by atoms with Gasteiger partial charge in [-0.3, -0.25) is 9.59 Å². The zero-order valence-corrected chi connectivity index (χ0v) is 21.6. The predicted octanol–water partition coefficient (Wildman–Crippen LogP) is 5.78. The minimum absolute atomic E-state index is 0.0760. The number of aromatic nitrogens is 2. The van der Waals surface area contributed by atoms with Crippen LogP contribution in [0.4, 0.5) is 13.2 Å². The Kier molecular flexibility index (Phi) is 7.89. The largest absolute Gasteiger partial charge is 0.573 e. The molecule has 0 bridgehead atoms. The van der Waals surface area contributed by atoms with Crippen LogP contribution < -0.4 is 4.74 Å². The summed E-state index contributed by atoms with van der Waals surface area (Å²) in [6, 6.07) is 5.90. The Labute approximate surface area is 221 Å². The number of piperidine rings is 1. The molecule has 1 aliphatic rings. The zero-order valence-electron chi connectivity index (χ0n) is 20.1. The van der Waals surface area contributed by atoms with Gasteiger partial charge in [0.1, 0.15) is 11.4 Å². The maximum absolute atomic E-state index is 13.2. The Hall–Kier alpha value is -2.98. The highest BCUT2D eigenvalue weighted by Crippen LogP contribution is 2.33. The maximum Gasteiger partial charge on any atom is 0.573 e. The highest BCUT2D eigenvalue weighted by atomic mass is 35.5. The second kappa shape index (κ2) is 10.8. The van der Waals surface area contributed by atoms with Crippen LogP contribution in [0, 0.1) is 5.92 Å². The normalized spacial score (nSPS) is 14.7. The van der Waals surface area contributed by atoms with Gasteiger partial charge in [0, 0.05) is 56.3 Å². The van der Waals surface area contributed by atoms with Crippen molar-refractivity contribution in [3.8, 4) is 5.75 Å². The first-order valence-electron chi connectivity index (χ1n) is 11.5. The van der Waals surface area contributed by atoms with Gasteiger partial charge >= 0.3 is 12.3 Å². The Balaban J connectivity index is 1.54. The molecule has 0 unspecified atom stereocenters. The fourth-order valence-electron chi connectivity index (χ4n) is 4.54. The predicted molar refractivity (Wildman–Crippen MR) is 132 cm³/mol. The Morgan fingerprint density at radius 2 is 1.86 bits per heavy atom. The molecule has 0 spiro atoms. The Bertz CT molecular complexity index is 1330. The van der Waals surface area contributed by atoms with Gasteiger partial charge in [0.2, 0.25) is 0 Å². The summed E-state index contributed by atoms with van der Waals surface area (Å²) >= 11 is 13.0. The first kappa shape index (κ1) is 27.1. The van der Waals surface area contributed by atoms with E-state index >= 15 is 0 Å². The molecule has 198 valence electrons. The van der Waals surface area contributed by atoms with Crippen LogP contribution in [0.1, 0.15) is 41.0 Å². The summed E-state index contributed by atoms with van der Waals surface area (Å²) < 4.78 is 48.4. The van der Waals surface area contributed by atoms with Crippen LogP contribution in [-0.4, -0.2) is 52.9 Å². The maximum atomic E-state index is 13.2. The zero-order chi connectivity index (χ0) is 26.9. The van der Waals surface area contributed by atoms with Crippen molar-refractivity contribution in [3.63, 3.8) is 0 Å². The van der Waals surface area contributed by atoms with Gasteiger partial charge in [0.25, 0.3) is 5.91 Å². The average Bonchev–Trinajstić information content (AvgIpc) is 3.15. The number of carbonyl (C=O) groups excluding carboxylic acids is 2. The van der Waals surface area contributed by atoms with Crippen molar-refractivity contribution in [2.45, 2.75) is 32.0 Å². The third-order valence-electron chi connectivity index (χ3n) is 6.56. The molecule has 0 radical (unpaired) electrons. The van der Waals surface area contributed by atoms with Gasteiger partial charge in [-0.15, -0.1) is 13.2 Å². The fraction of sp³-hybridized carbons (Fsp3) is 0.400. The molecule has 1 aliphatic heterocycles. The van der Waals surface area contributed by atoms with E-state index in [1.165, 1.54) is 31.5 Å². The molecule has 0 saturated carbocycles. The number of hydrogen-bond acceptors (Lipinski definition) is 5. The summed E-state index contributed by atoms with van der Waals surface area (Å²) in [7, 11) is 3.06. The van der Waals surface area contributed by atoms with Crippen molar-refractivity contribution in [2.24, 2.45) is 13.0 Å². The molecular weight excluding hydrogens is 534 g/mol. The van der Waals surface area contributed by atoms with Crippen LogP contribution in [0.2, 0.25) is 10.0 Å². The topological polar surface area (TPSA) is 73.7 Å². The van der Waals surface area contributed by atoms with E-state index in [0.717, 1.165) is 5.69 Å². The number of esters is 1. The summed E-state index contributed by atoms with van der Waals surface area (Å²) in [5.41, 5.74) is 1.81. The van der Waals surface area contributed by atoms with Crippen molar-refractivity contribution in [2.75, 3.05) is 20.2 Å². The molecule has 3 aromatic rings. The number of rotatable bonds is 6. The third kappa shape index (κ3) is 6.13. The van der Waals surface area contributed by atoms with Crippen LogP contribution in [0.3, 0.4) is 0 Å². The van der Waals surface area contributed by atoms with Crippen molar-refractivity contribution in [3.05, 3.63) is 57.5 Å². The summed E-state index contributed by atoms with van der Waals surface area (Å²) in [6.45, 7) is 0.921. The summed E-state index contributed by atoms with van der Waals surface area (Å²) in [5.74, 6) is -0.773. The SMILES string of the molecule is COC(=O)CC1CCN(C(=O)c2ncc(Cl)c(Cc3cc4ccc(OC(F)(F)F)cc4n3C)c2Cl)CC1. The lowest BCUT2D eigenvalue weighted by Gasteiger charge is -2.31. The molecule has 12 heteroatoms. The van der Waals surface area contributed by atoms with E-state index in [1.807, 2.05) is 6.07 Å². The van der Waals surface area contributed by atoms with E-state index < -0.39 is 6.36 Å². The molecule has 0 aliphatic carbocycles. The van der Waals surface area contributed by atoms with Gasteiger partial charge in [-0.2, -0.15) is 0 Å². The highest BCUT2D eigenvalue weighted by Gasteiger charge is 2.31. The van der Waals surface area contributed by atoms with Crippen LogP contribution in [-0.2, 0) is 23.0 Å². The quantitative estimate of drug-likeness (QED) is 0.359. The molecule has 1 aromatic carbocycles. The standard InChI is InChI=1S/C25H24Cl2F3N3O4/c1-32-16(10-15-3-4-17(12-20(15)32)37-25(28,29)30)11-18-19(26)13-31-23(22(18)27)24(35)33-7-5-14(6-8-33)9-21(34)36-2/h3-4,10,12-14H,5-9,11H2,1-2H3. The van der Waals surface area contributed by atoms with E-state index in [1.54, 1.807) is 16.5 Å². The number of fused-ring (bicyclic) bond motifs is 1. The number of hydrogen-bond donors (Lipinski definition) is 0. The van der Waals surface area contributed by atoms with E-state index in [9.17, 15) is 22.8 Å². The molecule has 0 atom stereocenters. The van der Waals surface area contributed by atoms with E-state index in [2.05, 4.69) is 9.72 Å². The van der Waals surface area contributed by atoms with Gasteiger partial charge in [0.05, 0.1) is 22.7 Å². The van der Waals surface area contributed by atoms with Crippen molar-refractivity contribution < 1.29 is 32.2 Å². The number of ether oxygens (including phenoxy) is 2. The number of aryl methyl sites for hydroxylation is 1. The highest BCUT2D eigenvalue weighted by molar-refractivity contribution is 6.37. The van der Waals surface area contributed by atoms with Crippen molar-refractivity contribution >= 4 is 46.0 Å². The van der Waals surface area contributed by atoms with Crippen LogP contribution >= 0.6 is 23.2 Å². The molecular formula is C25H24Cl2F3N3O4. The summed E-state index contributed by atoms with van der Waals surface area (Å²) in [4.78, 5) is 30.6. The smallest absolute Gasteiger partial charge is 0.469 e. The Morgan fingerprint density at radius 3 is 2.51 bits per heavy atom. The first-order chi connectivity index (χ1) is 17.5. The van der Waals surface area contributed by atoms with Crippen LogP contribution in [0.5, 0.6) is 5.75 Å². The van der Waals surface area contributed by atoms with Crippen molar-refractivity contribution in [1.82, 2.24) is 14.5 Å². The first-order valence-corrected chi connectivity index (χ1v) is 12.3. The fourth-order valence-corrected chi connectivity index (χ4v) is 5.10. The van der Waals surface area contributed by atoms with Gasteiger partial charge < -0.3 is 18.9 Å². The molecule has 37 heavy (non-hydrogen) atoms. The molecule has 4 rings (SSSR count). The number of alkyl halides is 3. The lowest BCUT2D eigenvalue weighted by Crippen LogP contribution is -2.39. The number of halogens is 5. The average molecular weight is 558 g/mol. The minimum atomic E-state index is -4.79. The minimum Gasteiger partial charge on any atom is -0.469 e. The third-order valence-corrected chi connectivity index (χ3v) is 7.30. The molecule has 7 nitrogen and oxygen atoms in total. The van der Waals surface area contributed by atoms with E-state index in [0.29, 0.717) is 48.8 Å². The molecule has 1 amide bonds. The molecule has 1 fully saturated rings. The van der Waals surface area contributed by atoms with Crippen molar-refractivity contribution in [1.29, 1.82) is 0 Å². The number of likely N-dealkylation sites (tertiary alicyclic amines) is 1. The lowest BCUT2D eigenvalue weighted by atomic mass is 9.93. The Morgan fingerprint density at radius 1 is 1.16 bits per heavy atom. The van der Waals surface area contributed by atoms with E-state index in [4.69, 9.17) is 27.9 Å². The van der Waals surface area contributed by atoms with Crippen LogP contribution in [0.15, 0.2) is 30.5 Å². The van der Waals surface area contributed by atoms with Gasteiger partial charge in [-0.25, -0.2) is 4.98 Å². The number of methoxy groups -OCH3 is 1. The number of carbonyl (C=O) groups is 2. The molecule has 0 N–H and O–H groups in total. The molecule has 1 saturated heterocycles. The number of benzene rings is 1. The van der Waals surface area contributed by atoms with Gasteiger partial charge in [-0.1, -0.05) is 23.2 Å². The van der Waals surface area contributed by atoms with E-state index in [-0.39, 0.29) is 45.7 Å². The van der Waals surface area contributed by atoms with Gasteiger partial charge in [0.15, 0.2) is 0 Å². The number of nitrogens with zero attached hydrogens (tertiary/aromatic N) is 3. The summed E-state index contributed by atoms with van der Waals surface area (Å²) in [5, 5.41) is 1.10.